The molecule has 1 amide bonds. The molecule has 132 valence electrons. The van der Waals surface area contributed by atoms with Crippen LogP contribution in [0.25, 0.3) is 6.08 Å². The molecular formula is C22H27NO2. The molecule has 0 aliphatic heterocycles. The van der Waals surface area contributed by atoms with Gasteiger partial charge >= 0.3 is 0 Å². The summed E-state index contributed by atoms with van der Waals surface area (Å²) in [5.74, 6) is 1.33. The lowest BCUT2D eigenvalue weighted by molar-refractivity contribution is -0.111. The zero-order valence-electron chi connectivity index (χ0n) is 15.7. The van der Waals surface area contributed by atoms with Crippen LogP contribution >= 0.6 is 0 Å². The maximum atomic E-state index is 12.5. The summed E-state index contributed by atoms with van der Waals surface area (Å²) in [6.45, 7) is 8.56. The monoisotopic (exact) mass is 337 g/mol. The maximum absolute atomic E-state index is 12.5. The molecule has 3 heteroatoms. The lowest BCUT2D eigenvalue weighted by Gasteiger charge is -2.19. The molecule has 0 aliphatic carbocycles. The van der Waals surface area contributed by atoms with Crippen molar-refractivity contribution in [3.8, 4) is 5.75 Å². The van der Waals surface area contributed by atoms with E-state index in [4.69, 9.17) is 4.74 Å². The van der Waals surface area contributed by atoms with Gasteiger partial charge in [0, 0.05) is 11.8 Å². The smallest absolute Gasteiger partial charge is 0.248 e. The molecule has 0 aliphatic rings. The van der Waals surface area contributed by atoms with E-state index < -0.39 is 0 Å². The summed E-state index contributed by atoms with van der Waals surface area (Å²) in [5, 5.41) is 3.08. The molecule has 2 aromatic carbocycles. The van der Waals surface area contributed by atoms with Crippen LogP contribution in [0.4, 0.5) is 5.69 Å². The predicted molar refractivity (Wildman–Crippen MR) is 105 cm³/mol. The highest BCUT2D eigenvalue weighted by atomic mass is 16.5. The predicted octanol–water partition coefficient (Wildman–Crippen LogP) is 5.59. The SMILES string of the molecule is COc1cccc(/C=C/C(=O)Nc2c(C(C)C)cccc2C(C)C)c1. The molecule has 2 rings (SSSR count). The molecular weight excluding hydrogens is 310 g/mol. The highest BCUT2D eigenvalue weighted by molar-refractivity contribution is 6.03. The zero-order valence-corrected chi connectivity index (χ0v) is 15.7. The molecule has 0 spiro atoms. The summed E-state index contributed by atoms with van der Waals surface area (Å²) in [7, 11) is 1.63. The van der Waals surface area contributed by atoms with E-state index in [0.717, 1.165) is 28.1 Å². The first kappa shape index (κ1) is 18.8. The van der Waals surface area contributed by atoms with Crippen LogP contribution in [0.2, 0.25) is 0 Å². The van der Waals surface area contributed by atoms with Gasteiger partial charge in [-0.15, -0.1) is 0 Å². The summed E-state index contributed by atoms with van der Waals surface area (Å²) in [4.78, 5) is 12.5. The van der Waals surface area contributed by atoms with Crippen LogP contribution < -0.4 is 10.1 Å². The number of anilines is 1. The van der Waals surface area contributed by atoms with Crippen LogP contribution in [-0.4, -0.2) is 13.0 Å². The highest BCUT2D eigenvalue weighted by Gasteiger charge is 2.14. The Kier molecular flexibility index (Phi) is 6.40. The van der Waals surface area contributed by atoms with E-state index in [1.165, 1.54) is 0 Å². The van der Waals surface area contributed by atoms with Gasteiger partial charge in [0.25, 0.3) is 0 Å². The largest absolute Gasteiger partial charge is 0.497 e. The number of para-hydroxylation sites is 1. The van der Waals surface area contributed by atoms with Gasteiger partial charge in [-0.05, 0) is 46.7 Å². The first-order valence-electron chi connectivity index (χ1n) is 8.68. The average molecular weight is 337 g/mol. The Morgan fingerprint density at radius 1 is 1.00 bits per heavy atom. The van der Waals surface area contributed by atoms with Gasteiger partial charge in [0.1, 0.15) is 5.75 Å². The van der Waals surface area contributed by atoms with Crippen LogP contribution in [0.3, 0.4) is 0 Å². The topological polar surface area (TPSA) is 38.3 Å². The molecule has 2 aromatic rings. The molecule has 0 aromatic heterocycles. The lowest BCUT2D eigenvalue weighted by Crippen LogP contribution is -2.13. The van der Waals surface area contributed by atoms with Crippen LogP contribution in [0.1, 0.15) is 56.2 Å². The number of nitrogens with one attached hydrogen (secondary N) is 1. The van der Waals surface area contributed by atoms with Crippen LogP contribution in [-0.2, 0) is 4.79 Å². The van der Waals surface area contributed by atoms with Crippen LogP contribution in [0, 0.1) is 0 Å². The number of hydrogen-bond donors (Lipinski definition) is 1. The lowest BCUT2D eigenvalue weighted by atomic mass is 9.92. The molecule has 0 radical (unpaired) electrons. The Morgan fingerprint density at radius 2 is 1.60 bits per heavy atom. The molecule has 0 saturated carbocycles. The molecule has 0 heterocycles. The van der Waals surface area contributed by atoms with Crippen molar-refractivity contribution in [1.82, 2.24) is 0 Å². The summed E-state index contributed by atoms with van der Waals surface area (Å²) in [6.07, 6.45) is 3.36. The van der Waals surface area contributed by atoms with Gasteiger partial charge in [-0.1, -0.05) is 58.0 Å². The van der Waals surface area contributed by atoms with E-state index in [9.17, 15) is 4.79 Å². The summed E-state index contributed by atoms with van der Waals surface area (Å²) in [5.41, 5.74) is 4.19. The van der Waals surface area contributed by atoms with Crippen molar-refractivity contribution in [3.63, 3.8) is 0 Å². The van der Waals surface area contributed by atoms with Crippen molar-refractivity contribution in [1.29, 1.82) is 0 Å². The maximum Gasteiger partial charge on any atom is 0.248 e. The molecule has 3 nitrogen and oxygen atoms in total. The molecule has 1 N–H and O–H groups in total. The minimum absolute atomic E-state index is 0.127. The van der Waals surface area contributed by atoms with Crippen molar-refractivity contribution in [3.05, 3.63) is 65.2 Å². The molecule has 0 fully saturated rings. The molecule has 25 heavy (non-hydrogen) atoms. The van der Waals surface area contributed by atoms with Gasteiger partial charge in [-0.2, -0.15) is 0 Å². The number of hydrogen-bond acceptors (Lipinski definition) is 2. The van der Waals surface area contributed by atoms with Crippen LogP contribution in [0.5, 0.6) is 5.75 Å². The van der Waals surface area contributed by atoms with Crippen LogP contribution in [0.15, 0.2) is 48.5 Å². The van der Waals surface area contributed by atoms with Crippen molar-refractivity contribution < 1.29 is 9.53 Å². The third kappa shape index (κ3) is 4.96. The number of carbonyl (C=O) groups excluding carboxylic acids is 1. The van der Waals surface area contributed by atoms with Crippen molar-refractivity contribution in [2.75, 3.05) is 12.4 Å². The first-order valence-corrected chi connectivity index (χ1v) is 8.68. The first-order chi connectivity index (χ1) is 11.9. The number of benzene rings is 2. The van der Waals surface area contributed by atoms with E-state index in [-0.39, 0.29) is 5.91 Å². The number of methoxy groups -OCH3 is 1. The quantitative estimate of drug-likeness (QED) is 0.697. The average Bonchev–Trinajstić information content (AvgIpc) is 2.60. The number of carbonyl (C=O) groups is 1. The van der Waals surface area contributed by atoms with Gasteiger partial charge in [0.2, 0.25) is 5.91 Å². The van der Waals surface area contributed by atoms with Gasteiger partial charge < -0.3 is 10.1 Å². The number of ether oxygens (including phenoxy) is 1. The molecule has 0 unspecified atom stereocenters. The number of amides is 1. The fourth-order valence-corrected chi connectivity index (χ4v) is 2.78. The Bertz CT molecular complexity index is 734. The van der Waals surface area contributed by atoms with Gasteiger partial charge in [-0.3, -0.25) is 4.79 Å². The third-order valence-electron chi connectivity index (χ3n) is 4.14. The number of rotatable bonds is 6. The highest BCUT2D eigenvalue weighted by Crippen LogP contribution is 2.32. The van der Waals surface area contributed by atoms with Crippen molar-refractivity contribution in [2.24, 2.45) is 0 Å². The van der Waals surface area contributed by atoms with Gasteiger partial charge in [0.05, 0.1) is 7.11 Å². The fraction of sp³-hybridized carbons (Fsp3) is 0.318. The van der Waals surface area contributed by atoms with Crippen molar-refractivity contribution >= 4 is 17.7 Å². The minimum Gasteiger partial charge on any atom is -0.497 e. The molecule has 0 saturated heterocycles. The Hall–Kier alpha value is -2.55. The Balaban J connectivity index is 2.23. The fourth-order valence-electron chi connectivity index (χ4n) is 2.78. The Labute approximate surface area is 150 Å². The van der Waals surface area contributed by atoms with E-state index in [2.05, 4.69) is 51.2 Å². The molecule has 0 bridgehead atoms. The standard InChI is InChI=1S/C22H27NO2/c1-15(2)19-10-7-11-20(16(3)4)22(19)23-21(24)13-12-17-8-6-9-18(14-17)25-5/h6-16H,1-5H3,(H,23,24)/b13-12+. The summed E-state index contributed by atoms with van der Waals surface area (Å²) < 4.78 is 5.21. The second-order valence-corrected chi connectivity index (χ2v) is 6.72. The normalized spacial score (nSPS) is 11.3. The van der Waals surface area contributed by atoms with E-state index in [1.54, 1.807) is 19.3 Å². The summed E-state index contributed by atoms with van der Waals surface area (Å²) in [6, 6.07) is 13.8. The van der Waals surface area contributed by atoms with Gasteiger partial charge in [0.15, 0.2) is 0 Å². The van der Waals surface area contributed by atoms with Gasteiger partial charge in [-0.25, -0.2) is 0 Å². The van der Waals surface area contributed by atoms with Crippen molar-refractivity contribution in [2.45, 2.75) is 39.5 Å². The zero-order chi connectivity index (χ0) is 18.4. The third-order valence-corrected chi connectivity index (χ3v) is 4.14. The second-order valence-electron chi connectivity index (χ2n) is 6.72. The molecule has 0 atom stereocenters. The Morgan fingerprint density at radius 3 is 2.16 bits per heavy atom. The second kappa shape index (κ2) is 8.52. The summed E-state index contributed by atoms with van der Waals surface area (Å²) >= 11 is 0. The minimum atomic E-state index is -0.127. The van der Waals surface area contributed by atoms with E-state index >= 15 is 0 Å². The van der Waals surface area contributed by atoms with E-state index in [0.29, 0.717) is 11.8 Å². The van der Waals surface area contributed by atoms with E-state index in [1.807, 2.05) is 24.3 Å².